The summed E-state index contributed by atoms with van der Waals surface area (Å²) in [4.78, 5) is 4.55. The van der Waals surface area contributed by atoms with Crippen molar-refractivity contribution < 1.29 is 9.15 Å². The molecule has 108 valence electrons. The van der Waals surface area contributed by atoms with Crippen LogP contribution in [0.1, 0.15) is 11.5 Å². The third-order valence-corrected chi connectivity index (χ3v) is 3.24. The molecule has 4 heteroatoms. The summed E-state index contributed by atoms with van der Waals surface area (Å²) in [5.74, 6) is 1.76. The van der Waals surface area contributed by atoms with Crippen molar-refractivity contribution in [3.8, 4) is 5.75 Å². The molecule has 0 saturated heterocycles. The number of hydrogen-bond acceptors (Lipinski definition) is 4. The monoisotopic (exact) mass is 282 g/mol. The molecule has 0 aliphatic rings. The Bertz CT molecular complexity index is 708. The highest BCUT2D eigenvalue weighted by Gasteiger charge is 2.03. The molecule has 0 saturated carbocycles. The normalized spacial score (nSPS) is 10.9. The molecule has 1 aromatic carbocycles. The number of aryl methyl sites for hydroxylation is 1. The maximum absolute atomic E-state index is 5.84. The van der Waals surface area contributed by atoms with E-state index in [0.29, 0.717) is 13.2 Å². The summed E-state index contributed by atoms with van der Waals surface area (Å²) in [5, 5.41) is 4.38. The highest BCUT2D eigenvalue weighted by Crippen LogP contribution is 2.23. The number of hydrogen-bond donors (Lipinski definition) is 1. The van der Waals surface area contributed by atoms with E-state index < -0.39 is 0 Å². The molecule has 3 aromatic rings. The molecular weight excluding hydrogens is 264 g/mol. The zero-order valence-corrected chi connectivity index (χ0v) is 12.0. The van der Waals surface area contributed by atoms with Gasteiger partial charge in [-0.05, 0) is 31.2 Å². The third-order valence-electron chi connectivity index (χ3n) is 3.24. The fraction of sp³-hybridized carbons (Fsp3) is 0.235. The fourth-order valence-corrected chi connectivity index (χ4v) is 2.19. The van der Waals surface area contributed by atoms with E-state index in [0.717, 1.165) is 34.7 Å². The van der Waals surface area contributed by atoms with Gasteiger partial charge in [0.15, 0.2) is 0 Å². The minimum Gasteiger partial charge on any atom is -0.490 e. The quantitative estimate of drug-likeness (QED) is 0.705. The van der Waals surface area contributed by atoms with Gasteiger partial charge in [0.1, 0.15) is 23.6 Å². The molecule has 0 atom stereocenters. The van der Waals surface area contributed by atoms with Crippen molar-refractivity contribution in [1.82, 2.24) is 10.3 Å². The number of nitrogens with one attached hydrogen (secondary N) is 1. The van der Waals surface area contributed by atoms with Crippen LogP contribution in [-0.4, -0.2) is 18.1 Å². The Morgan fingerprint density at radius 3 is 2.95 bits per heavy atom. The van der Waals surface area contributed by atoms with Crippen molar-refractivity contribution in [3.05, 3.63) is 60.2 Å². The summed E-state index contributed by atoms with van der Waals surface area (Å²) in [6.07, 6.45) is 1.68. The number of ether oxygens (including phenoxy) is 1. The van der Waals surface area contributed by atoms with Crippen LogP contribution in [0.4, 0.5) is 0 Å². The summed E-state index contributed by atoms with van der Waals surface area (Å²) in [6, 6.07) is 13.9. The van der Waals surface area contributed by atoms with Crippen molar-refractivity contribution in [2.75, 3.05) is 13.2 Å². The number of fused-ring (bicyclic) bond motifs is 1. The zero-order valence-electron chi connectivity index (χ0n) is 12.0. The van der Waals surface area contributed by atoms with Crippen LogP contribution in [0.25, 0.3) is 10.9 Å². The van der Waals surface area contributed by atoms with Crippen molar-refractivity contribution in [1.29, 1.82) is 0 Å². The Morgan fingerprint density at radius 1 is 1.14 bits per heavy atom. The average molecular weight is 282 g/mol. The Hall–Kier alpha value is -2.33. The average Bonchev–Trinajstić information content (AvgIpc) is 3.00. The van der Waals surface area contributed by atoms with Crippen LogP contribution >= 0.6 is 0 Å². The Balaban J connectivity index is 1.56. The number of rotatable bonds is 6. The molecule has 0 unspecified atom stereocenters. The van der Waals surface area contributed by atoms with Gasteiger partial charge in [0.25, 0.3) is 0 Å². The number of para-hydroxylation sites is 1. The Kier molecular flexibility index (Phi) is 4.17. The second-order valence-corrected chi connectivity index (χ2v) is 4.89. The summed E-state index contributed by atoms with van der Waals surface area (Å²) < 4.78 is 11.1. The molecule has 0 fully saturated rings. The molecule has 0 radical (unpaired) electrons. The van der Waals surface area contributed by atoms with Gasteiger partial charge >= 0.3 is 0 Å². The molecule has 21 heavy (non-hydrogen) atoms. The number of benzene rings is 1. The van der Waals surface area contributed by atoms with Gasteiger partial charge in [-0.1, -0.05) is 18.2 Å². The molecule has 1 N–H and O–H groups in total. The van der Waals surface area contributed by atoms with Gasteiger partial charge < -0.3 is 14.5 Å². The van der Waals surface area contributed by atoms with Crippen LogP contribution in [0.15, 0.2) is 53.1 Å². The van der Waals surface area contributed by atoms with E-state index in [-0.39, 0.29) is 0 Å². The van der Waals surface area contributed by atoms with Crippen LogP contribution in [0.2, 0.25) is 0 Å². The van der Waals surface area contributed by atoms with Gasteiger partial charge in [-0.15, -0.1) is 0 Å². The lowest BCUT2D eigenvalue weighted by molar-refractivity contribution is 0.313. The molecular formula is C17H18N2O2. The number of nitrogens with zero attached hydrogens (tertiary/aromatic N) is 1. The summed E-state index contributed by atoms with van der Waals surface area (Å²) >= 11 is 0. The van der Waals surface area contributed by atoms with E-state index in [9.17, 15) is 0 Å². The summed E-state index contributed by atoms with van der Waals surface area (Å²) in [6.45, 7) is 4.04. The van der Waals surface area contributed by atoms with E-state index in [1.54, 1.807) is 6.26 Å². The van der Waals surface area contributed by atoms with Crippen molar-refractivity contribution in [2.24, 2.45) is 0 Å². The lowest BCUT2D eigenvalue weighted by atomic mass is 10.2. The molecule has 0 amide bonds. The minimum atomic E-state index is 0.593. The molecule has 3 rings (SSSR count). The van der Waals surface area contributed by atoms with Gasteiger partial charge in [-0.25, -0.2) is 4.98 Å². The Labute approximate surface area is 123 Å². The smallest absolute Gasteiger partial charge is 0.145 e. The third kappa shape index (κ3) is 3.41. The van der Waals surface area contributed by atoms with E-state index in [4.69, 9.17) is 9.15 Å². The predicted octanol–water partition coefficient (Wildman–Crippen LogP) is 3.30. The van der Waals surface area contributed by atoms with Crippen LogP contribution in [0, 0.1) is 6.92 Å². The van der Waals surface area contributed by atoms with E-state index in [1.807, 2.05) is 43.3 Å². The second kappa shape index (κ2) is 6.41. The van der Waals surface area contributed by atoms with E-state index >= 15 is 0 Å². The van der Waals surface area contributed by atoms with Crippen molar-refractivity contribution in [2.45, 2.75) is 13.5 Å². The largest absolute Gasteiger partial charge is 0.490 e. The fourth-order valence-electron chi connectivity index (χ4n) is 2.19. The predicted molar refractivity (Wildman–Crippen MR) is 82.4 cm³/mol. The van der Waals surface area contributed by atoms with E-state index in [2.05, 4.69) is 16.4 Å². The molecule has 0 bridgehead atoms. The highest BCUT2D eigenvalue weighted by atomic mass is 16.5. The lowest BCUT2D eigenvalue weighted by Gasteiger charge is -2.09. The maximum atomic E-state index is 5.84. The molecule has 2 heterocycles. The number of aromatic nitrogens is 1. The van der Waals surface area contributed by atoms with Gasteiger partial charge in [0.2, 0.25) is 0 Å². The van der Waals surface area contributed by atoms with Gasteiger partial charge in [-0.2, -0.15) is 0 Å². The zero-order chi connectivity index (χ0) is 14.5. The molecule has 2 aromatic heterocycles. The van der Waals surface area contributed by atoms with E-state index in [1.165, 1.54) is 0 Å². The first-order chi connectivity index (χ1) is 10.3. The van der Waals surface area contributed by atoms with Gasteiger partial charge in [0, 0.05) is 17.6 Å². The number of furan rings is 1. The Morgan fingerprint density at radius 2 is 2.10 bits per heavy atom. The highest BCUT2D eigenvalue weighted by molar-refractivity contribution is 5.84. The standard InChI is InChI=1S/C17H18N2O2/c1-13-7-8-14-4-2-6-16(17(14)19-13)21-11-9-18-12-15-5-3-10-20-15/h2-8,10,18H,9,11-12H2,1H3. The minimum absolute atomic E-state index is 0.593. The van der Waals surface area contributed by atoms with Crippen LogP contribution < -0.4 is 10.1 Å². The SMILES string of the molecule is Cc1ccc2cccc(OCCNCc3ccco3)c2n1. The summed E-state index contributed by atoms with van der Waals surface area (Å²) in [5.41, 5.74) is 1.91. The first-order valence-corrected chi connectivity index (χ1v) is 7.05. The molecule has 0 aliphatic heterocycles. The lowest BCUT2D eigenvalue weighted by Crippen LogP contribution is -2.20. The van der Waals surface area contributed by atoms with Gasteiger partial charge in [0.05, 0.1) is 12.8 Å². The first kappa shape index (κ1) is 13.6. The van der Waals surface area contributed by atoms with Crippen molar-refractivity contribution >= 4 is 10.9 Å². The first-order valence-electron chi connectivity index (χ1n) is 7.05. The number of pyridine rings is 1. The van der Waals surface area contributed by atoms with Crippen molar-refractivity contribution in [3.63, 3.8) is 0 Å². The van der Waals surface area contributed by atoms with Crippen LogP contribution in [-0.2, 0) is 6.54 Å². The molecule has 0 spiro atoms. The summed E-state index contributed by atoms with van der Waals surface area (Å²) in [7, 11) is 0. The van der Waals surface area contributed by atoms with Gasteiger partial charge in [-0.3, -0.25) is 0 Å². The molecule has 0 aliphatic carbocycles. The molecule has 4 nitrogen and oxygen atoms in total. The topological polar surface area (TPSA) is 47.3 Å². The second-order valence-electron chi connectivity index (χ2n) is 4.89. The van der Waals surface area contributed by atoms with Crippen LogP contribution in [0.5, 0.6) is 5.75 Å². The maximum Gasteiger partial charge on any atom is 0.145 e. The van der Waals surface area contributed by atoms with Crippen LogP contribution in [0.3, 0.4) is 0 Å².